The maximum absolute atomic E-state index is 11.4. The zero-order valence-electron chi connectivity index (χ0n) is 8.79. The molecule has 0 aliphatic rings. The van der Waals surface area contributed by atoms with Gasteiger partial charge in [0.1, 0.15) is 12.2 Å². The molecule has 76 valence electrons. The average Bonchev–Trinajstić information content (AvgIpc) is 2.03. The summed E-state index contributed by atoms with van der Waals surface area (Å²) in [6.45, 7) is 7.84. The number of rotatable bonds is 5. The van der Waals surface area contributed by atoms with E-state index in [1.165, 1.54) is 0 Å². The minimum atomic E-state index is -0.417. The van der Waals surface area contributed by atoms with Crippen LogP contribution in [-0.2, 0) is 14.3 Å². The van der Waals surface area contributed by atoms with Crippen LogP contribution in [0.25, 0.3) is 0 Å². The van der Waals surface area contributed by atoms with Crippen LogP contribution in [0.15, 0.2) is 0 Å². The Bertz CT molecular complexity index is 185. The molecule has 0 aliphatic carbocycles. The normalized spacial score (nSPS) is 12.7. The standard InChI is InChI=1S/C10H18O3/c1-5-13-10(12)6-9(11)8(4)7(2)3/h7-8H,5-6H2,1-4H3/t8-/m0/s1. The van der Waals surface area contributed by atoms with Crippen molar-refractivity contribution in [2.45, 2.75) is 34.1 Å². The third kappa shape index (κ3) is 4.65. The Morgan fingerprint density at radius 3 is 2.15 bits per heavy atom. The summed E-state index contributed by atoms with van der Waals surface area (Å²) in [5.74, 6) is -0.236. The molecule has 0 rings (SSSR count). The molecular weight excluding hydrogens is 168 g/mol. The van der Waals surface area contributed by atoms with Crippen LogP contribution in [0.1, 0.15) is 34.1 Å². The van der Waals surface area contributed by atoms with Crippen LogP contribution in [0.3, 0.4) is 0 Å². The number of carbonyl (C=O) groups excluding carboxylic acids is 2. The molecule has 0 heterocycles. The minimum Gasteiger partial charge on any atom is -0.466 e. The first-order valence-corrected chi connectivity index (χ1v) is 4.67. The SMILES string of the molecule is CCOC(=O)CC(=O)[C@@H](C)C(C)C. The topological polar surface area (TPSA) is 43.4 Å². The molecule has 0 N–H and O–H groups in total. The molecule has 0 spiro atoms. The summed E-state index contributed by atoms with van der Waals surface area (Å²) in [6.07, 6.45) is -0.0901. The Hall–Kier alpha value is -0.860. The van der Waals surface area contributed by atoms with E-state index in [2.05, 4.69) is 4.74 Å². The fourth-order valence-corrected chi connectivity index (χ4v) is 0.887. The van der Waals surface area contributed by atoms with Crippen molar-refractivity contribution in [3.8, 4) is 0 Å². The summed E-state index contributed by atoms with van der Waals surface area (Å²) in [5, 5.41) is 0. The van der Waals surface area contributed by atoms with Gasteiger partial charge in [-0.15, -0.1) is 0 Å². The quantitative estimate of drug-likeness (QED) is 0.485. The highest BCUT2D eigenvalue weighted by Gasteiger charge is 2.19. The summed E-state index contributed by atoms with van der Waals surface area (Å²) in [6, 6.07) is 0. The fourth-order valence-electron chi connectivity index (χ4n) is 0.887. The highest BCUT2D eigenvalue weighted by atomic mass is 16.5. The van der Waals surface area contributed by atoms with Crippen molar-refractivity contribution in [2.75, 3.05) is 6.61 Å². The van der Waals surface area contributed by atoms with E-state index in [9.17, 15) is 9.59 Å². The first-order valence-electron chi connectivity index (χ1n) is 4.67. The second-order valence-electron chi connectivity index (χ2n) is 3.48. The van der Waals surface area contributed by atoms with E-state index in [-0.39, 0.29) is 24.0 Å². The van der Waals surface area contributed by atoms with Crippen molar-refractivity contribution in [2.24, 2.45) is 11.8 Å². The number of esters is 1. The third-order valence-electron chi connectivity index (χ3n) is 2.13. The summed E-state index contributed by atoms with van der Waals surface area (Å²) < 4.78 is 4.68. The van der Waals surface area contributed by atoms with Gasteiger partial charge in [0, 0.05) is 5.92 Å². The Labute approximate surface area is 79.5 Å². The van der Waals surface area contributed by atoms with Gasteiger partial charge in [0.25, 0.3) is 0 Å². The second kappa shape index (κ2) is 5.73. The first-order chi connectivity index (χ1) is 5.99. The number of carbonyl (C=O) groups is 2. The molecule has 3 heteroatoms. The maximum atomic E-state index is 11.4. The minimum absolute atomic E-state index is 0.0338. The largest absolute Gasteiger partial charge is 0.466 e. The number of Topliss-reactive ketones (excluding diaryl/α,β-unsaturated/α-hetero) is 1. The summed E-state index contributed by atoms with van der Waals surface area (Å²) in [7, 11) is 0. The second-order valence-corrected chi connectivity index (χ2v) is 3.48. The highest BCUT2D eigenvalue weighted by molar-refractivity contribution is 5.96. The van der Waals surface area contributed by atoms with Crippen molar-refractivity contribution in [3.63, 3.8) is 0 Å². The molecule has 0 unspecified atom stereocenters. The lowest BCUT2D eigenvalue weighted by Crippen LogP contribution is -2.21. The Balaban J connectivity index is 3.93. The van der Waals surface area contributed by atoms with E-state index < -0.39 is 5.97 Å². The molecule has 0 bridgehead atoms. The maximum Gasteiger partial charge on any atom is 0.313 e. The predicted octanol–water partition coefficient (Wildman–Crippen LogP) is 1.80. The number of ketones is 1. The van der Waals surface area contributed by atoms with Crippen LogP contribution >= 0.6 is 0 Å². The Kier molecular flexibility index (Phi) is 5.35. The van der Waals surface area contributed by atoms with Gasteiger partial charge in [0.2, 0.25) is 0 Å². The number of hydrogen-bond donors (Lipinski definition) is 0. The lowest BCUT2D eigenvalue weighted by Gasteiger charge is -2.13. The number of hydrogen-bond acceptors (Lipinski definition) is 3. The molecule has 0 radical (unpaired) electrons. The first kappa shape index (κ1) is 12.1. The smallest absolute Gasteiger partial charge is 0.313 e. The molecule has 0 amide bonds. The molecule has 1 atom stereocenters. The van der Waals surface area contributed by atoms with E-state index in [4.69, 9.17) is 0 Å². The van der Waals surface area contributed by atoms with Crippen molar-refractivity contribution in [3.05, 3.63) is 0 Å². The molecule has 0 fully saturated rings. The van der Waals surface area contributed by atoms with Crippen molar-refractivity contribution >= 4 is 11.8 Å². The van der Waals surface area contributed by atoms with Gasteiger partial charge >= 0.3 is 5.97 Å². The van der Waals surface area contributed by atoms with Gasteiger partial charge < -0.3 is 4.74 Å². The molecule has 0 saturated carbocycles. The zero-order chi connectivity index (χ0) is 10.4. The molecule has 0 aliphatic heterocycles. The lowest BCUT2D eigenvalue weighted by molar-refractivity contribution is -0.146. The van der Waals surface area contributed by atoms with Gasteiger partial charge in [0.15, 0.2) is 0 Å². The van der Waals surface area contributed by atoms with Gasteiger partial charge in [-0.05, 0) is 12.8 Å². The molecular formula is C10H18O3. The summed E-state index contributed by atoms with van der Waals surface area (Å²) >= 11 is 0. The van der Waals surface area contributed by atoms with Gasteiger partial charge in [-0.1, -0.05) is 20.8 Å². The molecule has 0 aromatic rings. The van der Waals surface area contributed by atoms with Gasteiger partial charge in [-0.25, -0.2) is 0 Å². The Morgan fingerprint density at radius 2 is 1.77 bits per heavy atom. The fraction of sp³-hybridized carbons (Fsp3) is 0.800. The van der Waals surface area contributed by atoms with Crippen LogP contribution in [-0.4, -0.2) is 18.4 Å². The highest BCUT2D eigenvalue weighted by Crippen LogP contribution is 2.12. The van der Waals surface area contributed by atoms with E-state index >= 15 is 0 Å². The van der Waals surface area contributed by atoms with Gasteiger partial charge in [-0.3, -0.25) is 9.59 Å². The average molecular weight is 186 g/mol. The molecule has 13 heavy (non-hydrogen) atoms. The predicted molar refractivity (Wildman–Crippen MR) is 50.3 cm³/mol. The zero-order valence-corrected chi connectivity index (χ0v) is 8.79. The Morgan fingerprint density at radius 1 is 1.23 bits per heavy atom. The van der Waals surface area contributed by atoms with Crippen LogP contribution in [0.2, 0.25) is 0 Å². The van der Waals surface area contributed by atoms with Crippen LogP contribution < -0.4 is 0 Å². The van der Waals surface area contributed by atoms with E-state index in [1.54, 1.807) is 6.92 Å². The van der Waals surface area contributed by atoms with Crippen molar-refractivity contribution in [1.82, 2.24) is 0 Å². The van der Waals surface area contributed by atoms with Gasteiger partial charge in [-0.2, -0.15) is 0 Å². The molecule has 3 nitrogen and oxygen atoms in total. The number of ether oxygens (including phenoxy) is 1. The molecule has 0 aromatic carbocycles. The van der Waals surface area contributed by atoms with Gasteiger partial charge in [0.05, 0.1) is 6.61 Å². The van der Waals surface area contributed by atoms with E-state index in [1.807, 2.05) is 20.8 Å². The van der Waals surface area contributed by atoms with Crippen LogP contribution in [0, 0.1) is 11.8 Å². The van der Waals surface area contributed by atoms with Crippen molar-refractivity contribution < 1.29 is 14.3 Å². The van der Waals surface area contributed by atoms with Crippen LogP contribution in [0.5, 0.6) is 0 Å². The third-order valence-corrected chi connectivity index (χ3v) is 2.13. The molecule has 0 aromatic heterocycles. The lowest BCUT2D eigenvalue weighted by atomic mass is 9.92. The van der Waals surface area contributed by atoms with E-state index in [0.717, 1.165) is 0 Å². The van der Waals surface area contributed by atoms with Crippen molar-refractivity contribution in [1.29, 1.82) is 0 Å². The summed E-state index contributed by atoms with van der Waals surface area (Å²) in [5.41, 5.74) is 0. The summed E-state index contributed by atoms with van der Waals surface area (Å²) in [4.78, 5) is 22.3. The monoisotopic (exact) mass is 186 g/mol. The van der Waals surface area contributed by atoms with Crippen LogP contribution in [0.4, 0.5) is 0 Å². The molecule has 0 saturated heterocycles. The van der Waals surface area contributed by atoms with E-state index in [0.29, 0.717) is 6.61 Å².